The molecule has 158 valence electrons. The van der Waals surface area contributed by atoms with Crippen molar-refractivity contribution < 1.29 is 9.59 Å². The number of carbonyl (C=O) groups is 2. The van der Waals surface area contributed by atoms with Gasteiger partial charge in [-0.15, -0.1) is 0 Å². The van der Waals surface area contributed by atoms with Crippen LogP contribution in [0.3, 0.4) is 0 Å². The first-order valence-corrected chi connectivity index (χ1v) is 11.2. The number of amidine groups is 2. The Morgan fingerprint density at radius 3 is 2.90 bits per heavy atom. The molecule has 0 aromatic carbocycles. The van der Waals surface area contributed by atoms with Gasteiger partial charge in [-0.25, -0.2) is 9.98 Å². The highest BCUT2D eigenvalue weighted by atomic mass is 32.2. The number of nitrogens with zero attached hydrogens (tertiary/aromatic N) is 5. The number of fused-ring (bicyclic) bond motifs is 3. The minimum Gasteiger partial charge on any atom is -0.356 e. The molecule has 2 aromatic rings. The van der Waals surface area contributed by atoms with Crippen molar-refractivity contribution in [3.63, 3.8) is 0 Å². The van der Waals surface area contributed by atoms with Crippen molar-refractivity contribution in [1.29, 1.82) is 0 Å². The molecule has 0 saturated carbocycles. The summed E-state index contributed by atoms with van der Waals surface area (Å²) in [5.74, 6) is 1.43. The summed E-state index contributed by atoms with van der Waals surface area (Å²) in [5, 5.41) is 3.73. The zero-order chi connectivity index (χ0) is 21.3. The lowest BCUT2D eigenvalue weighted by Crippen LogP contribution is -2.36. The number of nitrogens with one attached hydrogen (secondary N) is 2. The van der Waals surface area contributed by atoms with Crippen molar-refractivity contribution in [2.45, 2.75) is 39.7 Å². The topological polar surface area (TPSA) is 108 Å². The van der Waals surface area contributed by atoms with E-state index in [0.29, 0.717) is 31.8 Å². The van der Waals surface area contributed by atoms with Crippen molar-refractivity contribution in [3.05, 3.63) is 35.0 Å². The second kappa shape index (κ2) is 8.47. The predicted molar refractivity (Wildman–Crippen MR) is 117 cm³/mol. The molecular formula is C20H25N7O2S. The van der Waals surface area contributed by atoms with Gasteiger partial charge in [-0.05, 0) is 32.1 Å². The van der Waals surface area contributed by atoms with Gasteiger partial charge in [-0.3, -0.25) is 14.5 Å². The first-order valence-electron chi connectivity index (χ1n) is 9.95. The quantitative estimate of drug-likeness (QED) is 0.702. The third kappa shape index (κ3) is 3.79. The Labute approximate surface area is 179 Å². The van der Waals surface area contributed by atoms with E-state index in [9.17, 15) is 9.59 Å². The highest BCUT2D eigenvalue weighted by molar-refractivity contribution is 8.13. The Balaban J connectivity index is 1.42. The summed E-state index contributed by atoms with van der Waals surface area (Å²) in [6.07, 6.45) is 7.23. The van der Waals surface area contributed by atoms with Gasteiger partial charge in [0.25, 0.3) is 5.91 Å². The van der Waals surface area contributed by atoms with Crippen LogP contribution in [0.2, 0.25) is 0 Å². The molecular weight excluding hydrogens is 402 g/mol. The van der Waals surface area contributed by atoms with E-state index < -0.39 is 0 Å². The molecule has 2 N–H and O–H groups in total. The number of amides is 2. The summed E-state index contributed by atoms with van der Waals surface area (Å²) >= 11 is 1.51. The van der Waals surface area contributed by atoms with Gasteiger partial charge in [0.05, 0.1) is 11.9 Å². The van der Waals surface area contributed by atoms with Crippen LogP contribution in [-0.4, -0.2) is 61.6 Å². The molecule has 30 heavy (non-hydrogen) atoms. The molecule has 0 spiro atoms. The lowest BCUT2D eigenvalue weighted by molar-refractivity contribution is -0.121. The van der Waals surface area contributed by atoms with E-state index in [-0.39, 0.29) is 18.4 Å². The van der Waals surface area contributed by atoms with Gasteiger partial charge in [0.2, 0.25) is 5.91 Å². The van der Waals surface area contributed by atoms with E-state index >= 15 is 0 Å². The Hall–Kier alpha value is -2.88. The molecule has 0 bridgehead atoms. The summed E-state index contributed by atoms with van der Waals surface area (Å²) in [7, 11) is 0. The minimum atomic E-state index is -0.142. The van der Waals surface area contributed by atoms with E-state index in [2.05, 4.69) is 24.8 Å². The van der Waals surface area contributed by atoms with Crippen molar-refractivity contribution in [1.82, 2.24) is 24.8 Å². The maximum Gasteiger partial charge on any atom is 0.267 e. The summed E-state index contributed by atoms with van der Waals surface area (Å²) in [5.41, 5.74) is 4.11. The smallest absolute Gasteiger partial charge is 0.267 e. The van der Waals surface area contributed by atoms with Gasteiger partial charge >= 0.3 is 0 Å². The number of hydrogen-bond acceptors (Lipinski definition) is 6. The van der Waals surface area contributed by atoms with E-state index in [1.165, 1.54) is 11.8 Å². The number of thioether (sulfide) groups is 1. The molecule has 9 nitrogen and oxygen atoms in total. The maximum atomic E-state index is 12.2. The average molecular weight is 428 g/mol. The number of imidazole rings is 1. The normalized spacial score (nSPS) is 15.0. The molecule has 2 aromatic heterocycles. The molecule has 4 heterocycles. The van der Waals surface area contributed by atoms with Crippen molar-refractivity contribution in [2.75, 3.05) is 19.3 Å². The molecule has 4 rings (SSSR count). The van der Waals surface area contributed by atoms with Crippen molar-refractivity contribution in [3.8, 4) is 0 Å². The van der Waals surface area contributed by atoms with Crippen LogP contribution in [0.15, 0.2) is 22.5 Å². The largest absolute Gasteiger partial charge is 0.356 e. The Bertz CT molecular complexity index is 1040. The van der Waals surface area contributed by atoms with Gasteiger partial charge in [-0.2, -0.15) is 4.99 Å². The molecule has 2 aliphatic rings. The summed E-state index contributed by atoms with van der Waals surface area (Å²) in [6, 6.07) is 0. The summed E-state index contributed by atoms with van der Waals surface area (Å²) in [4.78, 5) is 42.1. The fourth-order valence-electron chi connectivity index (χ4n) is 3.83. The first kappa shape index (κ1) is 20.4. The lowest BCUT2D eigenvalue weighted by Gasteiger charge is -2.25. The number of rotatable bonds is 7. The second-order valence-electron chi connectivity index (χ2n) is 7.35. The molecule has 10 heteroatoms. The second-order valence-corrected chi connectivity index (χ2v) is 8.13. The van der Waals surface area contributed by atoms with Crippen LogP contribution in [0.4, 0.5) is 5.82 Å². The predicted octanol–water partition coefficient (Wildman–Crippen LogP) is 1.92. The van der Waals surface area contributed by atoms with Gasteiger partial charge in [0.15, 0.2) is 5.17 Å². The molecule has 2 amide bonds. The number of H-pyrrole nitrogens is 1. The zero-order valence-electron chi connectivity index (χ0n) is 17.4. The Kier molecular flexibility index (Phi) is 5.76. The van der Waals surface area contributed by atoms with Crippen molar-refractivity contribution >= 4 is 40.4 Å². The highest BCUT2D eigenvalue weighted by Crippen LogP contribution is 2.37. The molecule has 0 fully saturated rings. The van der Waals surface area contributed by atoms with Crippen LogP contribution in [0.25, 0.3) is 0 Å². The van der Waals surface area contributed by atoms with Crippen LogP contribution in [0.1, 0.15) is 35.4 Å². The minimum absolute atomic E-state index is 0.0372. The summed E-state index contributed by atoms with van der Waals surface area (Å²) < 4.78 is 2.14. The lowest BCUT2D eigenvalue weighted by atomic mass is 10.1. The van der Waals surface area contributed by atoms with Crippen LogP contribution in [-0.2, 0) is 22.6 Å². The van der Waals surface area contributed by atoms with Crippen LogP contribution >= 0.6 is 11.8 Å². The van der Waals surface area contributed by atoms with E-state index in [0.717, 1.165) is 39.9 Å². The number of aromatic nitrogens is 3. The highest BCUT2D eigenvalue weighted by Gasteiger charge is 2.36. The first-order chi connectivity index (χ1) is 14.5. The van der Waals surface area contributed by atoms with E-state index in [1.54, 1.807) is 12.5 Å². The summed E-state index contributed by atoms with van der Waals surface area (Å²) in [6.45, 7) is 5.60. The number of hydrogen-bond donors (Lipinski definition) is 2. The average Bonchev–Trinajstić information content (AvgIpc) is 3.42. The van der Waals surface area contributed by atoms with Crippen LogP contribution in [0.5, 0.6) is 0 Å². The van der Waals surface area contributed by atoms with E-state index in [1.807, 2.05) is 25.0 Å². The van der Waals surface area contributed by atoms with Crippen molar-refractivity contribution in [2.24, 2.45) is 9.98 Å². The SMILES string of the molecule is CSC1=Nc2c(c(C)c(C)n2CCCC(=O)NCCc2cnc[nH]2)C2=NC(=O)CN12. The standard InChI is InChI=1S/C20H25N7O2S/c1-12-13(2)26(8-4-5-15(28)22-7-6-14-9-21-11-23-14)19-17(12)18-24-16(29)10-27(18)20(25-19)30-3/h9,11H,4-8,10H2,1-3H3,(H,21,23)(H,22,28). The number of aliphatic imine (C=N–C) groups is 2. The Morgan fingerprint density at radius 1 is 1.33 bits per heavy atom. The molecule has 0 saturated heterocycles. The van der Waals surface area contributed by atoms with Gasteiger partial charge < -0.3 is 14.9 Å². The fraction of sp³-hybridized carbons (Fsp3) is 0.450. The maximum absolute atomic E-state index is 12.2. The van der Waals surface area contributed by atoms with E-state index in [4.69, 9.17) is 4.99 Å². The third-order valence-corrected chi connectivity index (χ3v) is 6.15. The Morgan fingerprint density at radius 2 is 2.17 bits per heavy atom. The van der Waals surface area contributed by atoms with Gasteiger partial charge in [0, 0.05) is 43.5 Å². The zero-order valence-corrected chi connectivity index (χ0v) is 18.2. The molecule has 0 atom stereocenters. The van der Waals surface area contributed by atoms with Gasteiger partial charge in [-0.1, -0.05) is 11.8 Å². The number of carbonyl (C=O) groups excluding carboxylic acids is 2. The molecule has 0 radical (unpaired) electrons. The number of aromatic amines is 1. The third-order valence-electron chi connectivity index (χ3n) is 5.48. The molecule has 0 aliphatic carbocycles. The fourth-order valence-corrected chi connectivity index (χ4v) is 4.38. The van der Waals surface area contributed by atoms with Crippen LogP contribution < -0.4 is 5.32 Å². The van der Waals surface area contributed by atoms with Gasteiger partial charge in [0.1, 0.15) is 18.2 Å². The molecule has 0 unspecified atom stereocenters. The van der Waals surface area contributed by atoms with Crippen LogP contribution in [0, 0.1) is 13.8 Å². The monoisotopic (exact) mass is 427 g/mol. The molecule has 2 aliphatic heterocycles.